The Bertz CT molecular complexity index is 1180. The molecule has 2 aliphatic heterocycles. The van der Waals surface area contributed by atoms with E-state index in [1.807, 2.05) is 9.80 Å². The van der Waals surface area contributed by atoms with Crippen molar-refractivity contribution in [2.24, 2.45) is 11.8 Å². The highest BCUT2D eigenvalue weighted by atomic mass is 19.4. The van der Waals surface area contributed by atoms with Gasteiger partial charge in [-0.3, -0.25) is 9.48 Å². The summed E-state index contributed by atoms with van der Waals surface area (Å²) < 4.78 is 42.5. The lowest BCUT2D eigenvalue weighted by Crippen LogP contribution is -2.39. The smallest absolute Gasteiger partial charge is 0.371 e. The first-order valence-electron chi connectivity index (χ1n) is 14.5. The van der Waals surface area contributed by atoms with E-state index in [1.54, 1.807) is 19.1 Å². The Labute approximate surface area is 228 Å². The molecule has 9 heteroatoms. The van der Waals surface area contributed by atoms with E-state index in [1.165, 1.54) is 11.8 Å². The molecule has 1 aliphatic carbocycles. The summed E-state index contributed by atoms with van der Waals surface area (Å²) in [4.78, 5) is 28.7. The zero-order valence-electron chi connectivity index (χ0n) is 22.8. The molecule has 1 amide bonds. The lowest BCUT2D eigenvalue weighted by atomic mass is 9.91. The number of alkyl halides is 3. The highest BCUT2D eigenvalue weighted by molar-refractivity contribution is 5.94. The number of ketones is 1. The topological polar surface area (TPSA) is 58.4 Å². The standard InChI is InChI=1S/C30H39F3N4O2/c1-21(38)20-23-12-17-36(18-13-23)29(39)28-24-6-2-4-8-26(24)37(34-28)19-14-22-10-15-35(16-11-22)27-9-5-3-7-25(27)30(31,32)33/h3,5,7,9,22-23H,2,4,6,8,10-20H2,1H3. The van der Waals surface area contributed by atoms with Crippen molar-refractivity contribution in [3.05, 3.63) is 46.8 Å². The minimum absolute atomic E-state index is 0.0183. The van der Waals surface area contributed by atoms with Crippen LogP contribution in [0.25, 0.3) is 0 Å². The lowest BCUT2D eigenvalue weighted by Gasteiger charge is -2.35. The van der Waals surface area contributed by atoms with Crippen LogP contribution in [0.1, 0.15) is 85.6 Å². The van der Waals surface area contributed by atoms with Crippen molar-refractivity contribution in [2.75, 3.05) is 31.1 Å². The van der Waals surface area contributed by atoms with E-state index in [0.29, 0.717) is 50.1 Å². The SMILES string of the molecule is CC(=O)CC1CCN(C(=O)c2nn(CCC3CCN(c4ccccc4C(F)(F)F)CC3)c3c2CCCC3)CC1. The molecule has 1 aromatic carbocycles. The van der Waals surface area contributed by atoms with E-state index in [-0.39, 0.29) is 17.4 Å². The number of rotatable bonds is 7. The fourth-order valence-corrected chi connectivity index (χ4v) is 6.68. The van der Waals surface area contributed by atoms with Crippen LogP contribution in [0.3, 0.4) is 0 Å². The van der Waals surface area contributed by atoms with Crippen molar-refractivity contribution in [1.29, 1.82) is 0 Å². The molecule has 3 heterocycles. The molecule has 39 heavy (non-hydrogen) atoms. The third-order valence-corrected chi connectivity index (χ3v) is 8.85. The van der Waals surface area contributed by atoms with Gasteiger partial charge in [0.25, 0.3) is 5.91 Å². The predicted octanol–water partition coefficient (Wildman–Crippen LogP) is 5.92. The van der Waals surface area contributed by atoms with Gasteiger partial charge in [0.1, 0.15) is 5.78 Å². The van der Waals surface area contributed by atoms with Crippen molar-refractivity contribution in [3.8, 4) is 0 Å². The molecule has 2 saturated heterocycles. The minimum Gasteiger partial charge on any atom is -0.371 e. The fraction of sp³-hybridized carbons (Fsp3) is 0.633. The number of benzene rings is 1. The zero-order valence-corrected chi connectivity index (χ0v) is 22.8. The number of halogens is 3. The molecule has 0 spiro atoms. The summed E-state index contributed by atoms with van der Waals surface area (Å²) in [6, 6.07) is 5.85. The Morgan fingerprint density at radius 3 is 2.31 bits per heavy atom. The number of hydrogen-bond acceptors (Lipinski definition) is 4. The summed E-state index contributed by atoms with van der Waals surface area (Å²) in [5.74, 6) is 1.02. The summed E-state index contributed by atoms with van der Waals surface area (Å²) in [6.45, 7) is 4.94. The number of hydrogen-bond donors (Lipinski definition) is 0. The maximum Gasteiger partial charge on any atom is 0.418 e. The third-order valence-electron chi connectivity index (χ3n) is 8.85. The first kappa shape index (κ1) is 27.7. The largest absolute Gasteiger partial charge is 0.418 e. The lowest BCUT2D eigenvalue weighted by molar-refractivity contribution is -0.137. The van der Waals surface area contributed by atoms with E-state index in [4.69, 9.17) is 5.10 Å². The Balaban J connectivity index is 1.20. The number of likely N-dealkylation sites (tertiary alicyclic amines) is 1. The number of fused-ring (bicyclic) bond motifs is 1. The summed E-state index contributed by atoms with van der Waals surface area (Å²) in [5, 5.41) is 4.86. The predicted molar refractivity (Wildman–Crippen MR) is 144 cm³/mol. The minimum atomic E-state index is -4.35. The third kappa shape index (κ3) is 6.33. The van der Waals surface area contributed by atoms with Crippen LogP contribution >= 0.6 is 0 Å². The van der Waals surface area contributed by atoms with Crippen LogP contribution < -0.4 is 4.90 Å². The first-order chi connectivity index (χ1) is 18.7. The van der Waals surface area contributed by atoms with Crippen LogP contribution in [-0.2, 0) is 30.4 Å². The number of amides is 1. The molecule has 0 atom stereocenters. The molecule has 0 radical (unpaired) electrons. The fourth-order valence-electron chi connectivity index (χ4n) is 6.68. The zero-order chi connectivity index (χ0) is 27.6. The molecule has 212 valence electrons. The van der Waals surface area contributed by atoms with Crippen LogP contribution in [-0.4, -0.2) is 52.5 Å². The Kier molecular flexibility index (Phi) is 8.33. The van der Waals surface area contributed by atoms with E-state index < -0.39 is 11.7 Å². The van der Waals surface area contributed by atoms with Gasteiger partial charge >= 0.3 is 6.18 Å². The molecule has 6 nitrogen and oxygen atoms in total. The average molecular weight is 545 g/mol. The summed E-state index contributed by atoms with van der Waals surface area (Å²) >= 11 is 0. The number of carbonyl (C=O) groups excluding carboxylic acids is 2. The number of para-hydroxylation sites is 1. The van der Waals surface area contributed by atoms with Gasteiger partial charge in [-0.15, -0.1) is 0 Å². The van der Waals surface area contributed by atoms with Crippen LogP contribution in [0, 0.1) is 11.8 Å². The molecule has 2 fully saturated rings. The number of nitrogens with zero attached hydrogens (tertiary/aromatic N) is 4. The Hall–Kier alpha value is -2.84. The molecule has 0 bridgehead atoms. The van der Waals surface area contributed by atoms with Crippen LogP contribution in [0.5, 0.6) is 0 Å². The monoisotopic (exact) mass is 544 g/mol. The summed E-state index contributed by atoms with van der Waals surface area (Å²) in [5.41, 5.74) is 2.61. The van der Waals surface area contributed by atoms with Gasteiger partial charge in [-0.1, -0.05) is 12.1 Å². The number of aromatic nitrogens is 2. The van der Waals surface area contributed by atoms with Crippen LogP contribution in [0.2, 0.25) is 0 Å². The van der Waals surface area contributed by atoms with Crippen molar-refractivity contribution in [3.63, 3.8) is 0 Å². The maximum absolute atomic E-state index is 13.5. The molecular formula is C30H39F3N4O2. The average Bonchev–Trinajstić information content (AvgIpc) is 3.30. The van der Waals surface area contributed by atoms with Gasteiger partial charge < -0.3 is 14.6 Å². The second-order valence-electron chi connectivity index (χ2n) is 11.6. The van der Waals surface area contributed by atoms with Crippen molar-refractivity contribution in [2.45, 2.75) is 83.9 Å². The molecule has 1 aromatic heterocycles. The van der Waals surface area contributed by atoms with Crippen molar-refractivity contribution in [1.82, 2.24) is 14.7 Å². The number of anilines is 1. The van der Waals surface area contributed by atoms with E-state index >= 15 is 0 Å². The van der Waals surface area contributed by atoms with E-state index in [9.17, 15) is 22.8 Å². The highest BCUT2D eigenvalue weighted by Crippen LogP contribution is 2.38. The van der Waals surface area contributed by atoms with Gasteiger partial charge in [-0.2, -0.15) is 18.3 Å². The molecule has 2 aromatic rings. The van der Waals surface area contributed by atoms with Crippen molar-refractivity contribution < 1.29 is 22.8 Å². The quantitative estimate of drug-likeness (QED) is 0.434. The number of piperidine rings is 2. The highest BCUT2D eigenvalue weighted by Gasteiger charge is 2.35. The summed E-state index contributed by atoms with van der Waals surface area (Å²) in [7, 11) is 0. The second kappa shape index (κ2) is 11.7. The van der Waals surface area contributed by atoms with E-state index in [0.717, 1.165) is 76.0 Å². The van der Waals surface area contributed by atoms with Crippen molar-refractivity contribution >= 4 is 17.4 Å². The van der Waals surface area contributed by atoms with Gasteiger partial charge in [-0.25, -0.2) is 0 Å². The van der Waals surface area contributed by atoms with Gasteiger partial charge in [0, 0.05) is 56.1 Å². The molecule has 0 saturated carbocycles. The first-order valence-corrected chi connectivity index (χ1v) is 14.5. The normalized spacial score (nSPS) is 19.3. The Morgan fingerprint density at radius 2 is 1.62 bits per heavy atom. The second-order valence-corrected chi connectivity index (χ2v) is 11.6. The number of carbonyl (C=O) groups is 2. The van der Waals surface area contributed by atoms with E-state index in [2.05, 4.69) is 4.68 Å². The van der Waals surface area contributed by atoms with Crippen LogP contribution in [0.15, 0.2) is 24.3 Å². The number of Topliss-reactive ketones (excluding diaryl/α,β-unsaturated/α-hetero) is 1. The molecule has 5 rings (SSSR count). The molecule has 3 aliphatic rings. The Morgan fingerprint density at radius 1 is 0.949 bits per heavy atom. The maximum atomic E-state index is 13.5. The molecule has 0 unspecified atom stereocenters. The van der Waals surface area contributed by atoms with Gasteiger partial charge in [0.2, 0.25) is 0 Å². The van der Waals surface area contributed by atoms with Gasteiger partial charge in [0.15, 0.2) is 5.69 Å². The number of aryl methyl sites for hydroxylation is 1. The molecule has 0 N–H and O–H groups in total. The van der Waals surface area contributed by atoms with Gasteiger partial charge in [-0.05, 0) is 88.7 Å². The van der Waals surface area contributed by atoms with Gasteiger partial charge in [0.05, 0.1) is 5.56 Å². The van der Waals surface area contributed by atoms with Crippen LogP contribution in [0.4, 0.5) is 18.9 Å². The molecular weight excluding hydrogens is 505 g/mol. The summed E-state index contributed by atoms with van der Waals surface area (Å²) in [6.07, 6.45) is 4.54.